The van der Waals surface area contributed by atoms with Crippen LogP contribution < -0.4 is 11.1 Å². The number of amides is 2. The molecule has 1 unspecified atom stereocenters. The van der Waals surface area contributed by atoms with E-state index in [1.54, 1.807) is 13.8 Å². The van der Waals surface area contributed by atoms with Crippen molar-refractivity contribution in [3.05, 3.63) is 16.0 Å². The van der Waals surface area contributed by atoms with E-state index in [2.05, 4.69) is 17.1 Å². The van der Waals surface area contributed by atoms with Crippen molar-refractivity contribution in [3.8, 4) is 0 Å². The first-order valence-electron chi connectivity index (χ1n) is 7.96. The highest BCUT2D eigenvalue weighted by Gasteiger charge is 2.27. The van der Waals surface area contributed by atoms with Gasteiger partial charge in [0.15, 0.2) is 0 Å². The standard InChI is InChI=1S/C16H23N3O4S/c1-4-23-16(22)12-10(3)13(14(17)21)24-15(12)18-11(20)8-19-6-5-9(2)7-19/h9H,4-8H2,1-3H3,(H2,17,21)(H,18,20). The fourth-order valence-electron chi connectivity index (χ4n) is 2.82. The van der Waals surface area contributed by atoms with Crippen molar-refractivity contribution < 1.29 is 19.1 Å². The molecule has 1 aromatic heterocycles. The molecule has 1 aliphatic heterocycles. The smallest absolute Gasteiger partial charge is 0.341 e. The number of carbonyl (C=O) groups excluding carboxylic acids is 3. The van der Waals surface area contributed by atoms with Crippen LogP contribution in [0.3, 0.4) is 0 Å². The number of ether oxygens (including phenoxy) is 1. The summed E-state index contributed by atoms with van der Waals surface area (Å²) >= 11 is 1.01. The Morgan fingerprint density at radius 2 is 2.12 bits per heavy atom. The maximum atomic E-state index is 12.3. The van der Waals surface area contributed by atoms with Gasteiger partial charge in [-0.3, -0.25) is 14.5 Å². The summed E-state index contributed by atoms with van der Waals surface area (Å²) in [6, 6.07) is 0. The molecule has 0 spiro atoms. The van der Waals surface area contributed by atoms with Crippen LogP contribution >= 0.6 is 11.3 Å². The molecule has 0 saturated carbocycles. The van der Waals surface area contributed by atoms with E-state index < -0.39 is 11.9 Å². The van der Waals surface area contributed by atoms with Gasteiger partial charge in [0.25, 0.3) is 5.91 Å². The lowest BCUT2D eigenvalue weighted by atomic mass is 10.1. The van der Waals surface area contributed by atoms with Crippen LogP contribution in [-0.2, 0) is 9.53 Å². The van der Waals surface area contributed by atoms with Crippen LogP contribution in [0.1, 0.15) is 45.9 Å². The van der Waals surface area contributed by atoms with Crippen molar-refractivity contribution >= 4 is 34.1 Å². The Morgan fingerprint density at radius 1 is 1.42 bits per heavy atom. The minimum Gasteiger partial charge on any atom is -0.462 e. The van der Waals surface area contributed by atoms with Crippen molar-refractivity contribution in [2.45, 2.75) is 27.2 Å². The fraction of sp³-hybridized carbons (Fsp3) is 0.562. The zero-order valence-corrected chi connectivity index (χ0v) is 15.0. The van der Waals surface area contributed by atoms with E-state index in [1.165, 1.54) is 0 Å². The van der Waals surface area contributed by atoms with Crippen molar-refractivity contribution in [1.29, 1.82) is 0 Å². The van der Waals surface area contributed by atoms with Crippen LogP contribution in [0.25, 0.3) is 0 Å². The van der Waals surface area contributed by atoms with Gasteiger partial charge in [0, 0.05) is 6.54 Å². The Morgan fingerprint density at radius 3 is 2.67 bits per heavy atom. The number of carbonyl (C=O) groups is 3. The van der Waals surface area contributed by atoms with Crippen LogP contribution in [0.5, 0.6) is 0 Å². The Kier molecular flexibility index (Phi) is 5.95. The van der Waals surface area contributed by atoms with Crippen molar-refractivity contribution in [1.82, 2.24) is 4.90 Å². The largest absolute Gasteiger partial charge is 0.462 e. The van der Waals surface area contributed by atoms with Crippen LogP contribution in [0.15, 0.2) is 0 Å². The monoisotopic (exact) mass is 353 g/mol. The molecule has 24 heavy (non-hydrogen) atoms. The highest BCUT2D eigenvalue weighted by molar-refractivity contribution is 7.18. The van der Waals surface area contributed by atoms with Gasteiger partial charge < -0.3 is 15.8 Å². The lowest BCUT2D eigenvalue weighted by Crippen LogP contribution is -2.31. The van der Waals surface area contributed by atoms with E-state index in [0.717, 1.165) is 30.8 Å². The van der Waals surface area contributed by atoms with Gasteiger partial charge in [0.2, 0.25) is 5.91 Å². The zero-order valence-electron chi connectivity index (χ0n) is 14.2. The molecule has 2 heterocycles. The number of likely N-dealkylation sites (tertiary alicyclic amines) is 1. The highest BCUT2D eigenvalue weighted by atomic mass is 32.1. The molecule has 1 fully saturated rings. The van der Waals surface area contributed by atoms with Crippen molar-refractivity contribution in [2.75, 3.05) is 31.6 Å². The quantitative estimate of drug-likeness (QED) is 0.757. The average molecular weight is 353 g/mol. The minimum absolute atomic E-state index is 0.207. The molecule has 1 atom stereocenters. The number of rotatable bonds is 6. The first kappa shape index (κ1) is 18.4. The summed E-state index contributed by atoms with van der Waals surface area (Å²) < 4.78 is 5.03. The fourth-order valence-corrected chi connectivity index (χ4v) is 3.89. The summed E-state index contributed by atoms with van der Waals surface area (Å²) in [5.74, 6) is -0.828. The molecule has 2 rings (SSSR count). The molecule has 0 bridgehead atoms. The second kappa shape index (κ2) is 7.76. The number of nitrogens with two attached hydrogens (primary N) is 1. The summed E-state index contributed by atoms with van der Waals surface area (Å²) in [6.07, 6.45) is 1.07. The maximum absolute atomic E-state index is 12.3. The van der Waals surface area contributed by atoms with E-state index in [1.807, 2.05) is 0 Å². The van der Waals surface area contributed by atoms with E-state index >= 15 is 0 Å². The number of hydrogen-bond acceptors (Lipinski definition) is 6. The molecule has 1 saturated heterocycles. The molecular weight excluding hydrogens is 330 g/mol. The Balaban J connectivity index is 2.18. The first-order chi connectivity index (χ1) is 11.3. The van der Waals surface area contributed by atoms with Crippen LogP contribution in [0.4, 0.5) is 5.00 Å². The van der Waals surface area contributed by atoms with Gasteiger partial charge in [-0.25, -0.2) is 4.79 Å². The topological polar surface area (TPSA) is 102 Å². The number of primary amides is 1. The van der Waals surface area contributed by atoms with E-state index in [9.17, 15) is 14.4 Å². The Labute approximate surface area is 145 Å². The number of thiophene rings is 1. The molecule has 1 aliphatic rings. The number of nitrogens with zero attached hydrogens (tertiary/aromatic N) is 1. The van der Waals surface area contributed by atoms with Crippen LogP contribution in [-0.4, -0.2) is 48.9 Å². The maximum Gasteiger partial charge on any atom is 0.341 e. The normalized spacial score (nSPS) is 17.7. The Bertz CT molecular complexity index is 656. The first-order valence-corrected chi connectivity index (χ1v) is 8.77. The Hall–Kier alpha value is -1.93. The molecule has 0 aromatic carbocycles. The third-order valence-corrected chi connectivity index (χ3v) is 5.20. The van der Waals surface area contributed by atoms with Gasteiger partial charge in [-0.1, -0.05) is 6.92 Å². The molecule has 2 amide bonds. The van der Waals surface area contributed by atoms with Gasteiger partial charge in [-0.2, -0.15) is 0 Å². The molecule has 1 aromatic rings. The molecule has 8 heteroatoms. The predicted molar refractivity (Wildman–Crippen MR) is 92.4 cm³/mol. The van der Waals surface area contributed by atoms with E-state index in [-0.39, 0.29) is 29.5 Å². The third-order valence-electron chi connectivity index (χ3n) is 3.98. The summed E-state index contributed by atoms with van der Waals surface area (Å²) in [4.78, 5) is 38.3. The molecule has 3 N–H and O–H groups in total. The molecule has 7 nitrogen and oxygen atoms in total. The number of hydrogen-bond donors (Lipinski definition) is 2. The van der Waals surface area contributed by atoms with E-state index in [0.29, 0.717) is 16.5 Å². The molecular formula is C16H23N3O4S. The van der Waals surface area contributed by atoms with Gasteiger partial charge in [0.1, 0.15) is 5.00 Å². The average Bonchev–Trinajstić information content (AvgIpc) is 3.02. The summed E-state index contributed by atoms with van der Waals surface area (Å²) in [6.45, 7) is 7.71. The second-order valence-electron chi connectivity index (χ2n) is 6.02. The number of anilines is 1. The lowest BCUT2D eigenvalue weighted by molar-refractivity contribution is -0.117. The molecule has 0 aliphatic carbocycles. The second-order valence-corrected chi connectivity index (χ2v) is 7.04. The van der Waals surface area contributed by atoms with E-state index in [4.69, 9.17) is 10.5 Å². The highest BCUT2D eigenvalue weighted by Crippen LogP contribution is 2.33. The molecule has 132 valence electrons. The van der Waals surface area contributed by atoms with Crippen molar-refractivity contribution in [2.24, 2.45) is 11.7 Å². The van der Waals surface area contributed by atoms with Crippen LogP contribution in [0.2, 0.25) is 0 Å². The summed E-state index contributed by atoms with van der Waals surface area (Å²) in [5, 5.41) is 3.05. The van der Waals surface area contributed by atoms with Gasteiger partial charge >= 0.3 is 5.97 Å². The number of nitrogens with one attached hydrogen (secondary N) is 1. The summed E-state index contributed by atoms with van der Waals surface area (Å²) in [5.41, 5.74) is 6.00. The van der Waals surface area contributed by atoms with Gasteiger partial charge in [-0.15, -0.1) is 11.3 Å². The minimum atomic E-state index is -0.628. The summed E-state index contributed by atoms with van der Waals surface area (Å²) in [7, 11) is 0. The number of esters is 1. The van der Waals surface area contributed by atoms with Gasteiger partial charge in [0.05, 0.1) is 23.6 Å². The van der Waals surface area contributed by atoms with Gasteiger partial charge in [-0.05, 0) is 38.3 Å². The molecule has 0 radical (unpaired) electrons. The van der Waals surface area contributed by atoms with Crippen molar-refractivity contribution in [3.63, 3.8) is 0 Å². The third kappa shape index (κ3) is 4.12. The zero-order chi connectivity index (χ0) is 17.9. The van der Waals surface area contributed by atoms with Crippen LogP contribution in [0, 0.1) is 12.8 Å². The predicted octanol–water partition coefficient (Wildman–Crippen LogP) is 1.61. The SMILES string of the molecule is CCOC(=O)c1c(NC(=O)CN2CCC(C)C2)sc(C(N)=O)c1C. The lowest BCUT2D eigenvalue weighted by Gasteiger charge is -2.14.